The summed E-state index contributed by atoms with van der Waals surface area (Å²) in [5.41, 5.74) is -0.217. The molecule has 1 aromatic carbocycles. The fourth-order valence-electron chi connectivity index (χ4n) is 1.92. The van der Waals surface area contributed by atoms with Crippen molar-refractivity contribution in [2.24, 2.45) is 0 Å². The van der Waals surface area contributed by atoms with Crippen molar-refractivity contribution >= 4 is 21.2 Å². The van der Waals surface area contributed by atoms with Gasteiger partial charge in [-0.3, -0.25) is 10.1 Å². The first-order valence-electron chi connectivity index (χ1n) is 5.41. The SMILES string of the molecule is O=[N+]([O-])c1ccc(O)c(NC2CS(=O)(=O)CC2O)c1. The van der Waals surface area contributed by atoms with E-state index in [9.17, 15) is 28.7 Å². The van der Waals surface area contributed by atoms with E-state index in [0.29, 0.717) is 0 Å². The first-order valence-corrected chi connectivity index (χ1v) is 7.23. The molecule has 1 saturated heterocycles. The Morgan fingerprint density at radius 2 is 2.05 bits per heavy atom. The van der Waals surface area contributed by atoms with Crippen LogP contribution in [0.4, 0.5) is 11.4 Å². The zero-order chi connectivity index (χ0) is 14.2. The smallest absolute Gasteiger partial charge is 0.271 e. The Bertz CT molecular complexity index is 614. The average Bonchev–Trinajstić information content (AvgIpc) is 2.54. The lowest BCUT2D eigenvalue weighted by atomic mass is 10.2. The largest absolute Gasteiger partial charge is 0.506 e. The number of sulfone groups is 1. The Morgan fingerprint density at radius 3 is 2.58 bits per heavy atom. The molecule has 9 heteroatoms. The highest BCUT2D eigenvalue weighted by atomic mass is 32.2. The number of aliphatic hydroxyl groups is 1. The van der Waals surface area contributed by atoms with Gasteiger partial charge in [0, 0.05) is 12.1 Å². The first-order chi connectivity index (χ1) is 8.78. The zero-order valence-electron chi connectivity index (χ0n) is 9.68. The molecule has 2 unspecified atom stereocenters. The molecule has 2 rings (SSSR count). The number of hydrogen-bond acceptors (Lipinski definition) is 7. The van der Waals surface area contributed by atoms with Crippen LogP contribution >= 0.6 is 0 Å². The number of aromatic hydroxyl groups is 1. The maximum absolute atomic E-state index is 11.3. The summed E-state index contributed by atoms with van der Waals surface area (Å²) in [5, 5.41) is 32.4. The number of hydrogen-bond donors (Lipinski definition) is 3. The summed E-state index contributed by atoms with van der Waals surface area (Å²) in [7, 11) is -3.33. The van der Waals surface area contributed by atoms with E-state index in [-0.39, 0.29) is 28.6 Å². The van der Waals surface area contributed by atoms with Gasteiger partial charge in [0.2, 0.25) is 0 Å². The average molecular weight is 288 g/mol. The van der Waals surface area contributed by atoms with E-state index in [1.54, 1.807) is 0 Å². The van der Waals surface area contributed by atoms with Gasteiger partial charge in [-0.25, -0.2) is 8.42 Å². The molecule has 1 aromatic rings. The Kier molecular flexibility index (Phi) is 3.33. The van der Waals surface area contributed by atoms with E-state index < -0.39 is 26.9 Å². The number of benzene rings is 1. The molecule has 0 bridgehead atoms. The molecule has 8 nitrogen and oxygen atoms in total. The van der Waals surface area contributed by atoms with Gasteiger partial charge in [-0.05, 0) is 6.07 Å². The molecule has 1 aliphatic rings. The van der Waals surface area contributed by atoms with Gasteiger partial charge in [0.25, 0.3) is 5.69 Å². The van der Waals surface area contributed by atoms with E-state index in [1.807, 2.05) is 0 Å². The predicted molar refractivity (Wildman–Crippen MR) is 66.8 cm³/mol. The van der Waals surface area contributed by atoms with E-state index in [1.165, 1.54) is 0 Å². The lowest BCUT2D eigenvalue weighted by molar-refractivity contribution is -0.384. The van der Waals surface area contributed by atoms with Crippen LogP contribution in [-0.4, -0.2) is 47.2 Å². The van der Waals surface area contributed by atoms with Crippen LogP contribution in [0.25, 0.3) is 0 Å². The molecule has 2 atom stereocenters. The Morgan fingerprint density at radius 1 is 1.37 bits per heavy atom. The fourth-order valence-corrected chi connectivity index (χ4v) is 3.66. The monoisotopic (exact) mass is 288 g/mol. The minimum atomic E-state index is -3.33. The highest BCUT2D eigenvalue weighted by Crippen LogP contribution is 2.30. The number of anilines is 1. The molecule has 0 amide bonds. The second-order valence-corrected chi connectivity index (χ2v) is 6.51. The van der Waals surface area contributed by atoms with Crippen molar-refractivity contribution in [2.75, 3.05) is 16.8 Å². The lowest BCUT2D eigenvalue weighted by Gasteiger charge is -2.16. The van der Waals surface area contributed by atoms with Gasteiger partial charge >= 0.3 is 0 Å². The van der Waals surface area contributed by atoms with Crippen LogP contribution in [0.3, 0.4) is 0 Å². The number of nitrogens with zero attached hydrogens (tertiary/aromatic N) is 1. The van der Waals surface area contributed by atoms with E-state index in [0.717, 1.165) is 18.2 Å². The van der Waals surface area contributed by atoms with Crippen LogP contribution in [0.5, 0.6) is 5.75 Å². The number of aliphatic hydroxyl groups excluding tert-OH is 1. The van der Waals surface area contributed by atoms with Crippen LogP contribution in [0.15, 0.2) is 18.2 Å². The molecule has 1 aliphatic heterocycles. The molecular weight excluding hydrogens is 276 g/mol. The van der Waals surface area contributed by atoms with E-state index in [4.69, 9.17) is 0 Å². The summed E-state index contributed by atoms with van der Waals surface area (Å²) in [5.74, 6) is -0.890. The number of nitrogens with one attached hydrogen (secondary N) is 1. The number of nitro groups is 1. The third-order valence-electron chi connectivity index (χ3n) is 2.85. The third-order valence-corrected chi connectivity index (χ3v) is 4.57. The predicted octanol–water partition coefficient (Wildman–Crippen LogP) is -0.130. The maximum Gasteiger partial charge on any atom is 0.271 e. The van der Waals surface area contributed by atoms with Gasteiger partial charge in [0.05, 0.1) is 34.3 Å². The molecule has 1 heterocycles. The number of nitro benzene ring substituents is 1. The normalized spacial score (nSPS) is 25.1. The Labute approximate surface area is 108 Å². The number of non-ortho nitro benzene ring substituents is 1. The van der Waals surface area contributed by atoms with Crippen molar-refractivity contribution in [3.8, 4) is 5.75 Å². The Hall–Kier alpha value is -1.87. The summed E-state index contributed by atoms with van der Waals surface area (Å²) < 4.78 is 22.7. The van der Waals surface area contributed by atoms with Crippen LogP contribution < -0.4 is 5.32 Å². The number of rotatable bonds is 3. The van der Waals surface area contributed by atoms with Crippen LogP contribution in [0, 0.1) is 10.1 Å². The van der Waals surface area contributed by atoms with Gasteiger partial charge < -0.3 is 15.5 Å². The molecule has 1 fully saturated rings. The highest BCUT2D eigenvalue weighted by Gasteiger charge is 2.36. The van der Waals surface area contributed by atoms with Gasteiger partial charge in [-0.1, -0.05) is 0 Å². The Balaban J connectivity index is 2.24. The fraction of sp³-hybridized carbons (Fsp3) is 0.400. The molecule has 0 aliphatic carbocycles. The quantitative estimate of drug-likeness (QED) is 0.401. The van der Waals surface area contributed by atoms with Crippen molar-refractivity contribution in [2.45, 2.75) is 12.1 Å². The molecule has 104 valence electrons. The van der Waals surface area contributed by atoms with Gasteiger partial charge in [-0.15, -0.1) is 0 Å². The second-order valence-electron chi connectivity index (χ2n) is 4.35. The summed E-state index contributed by atoms with van der Waals surface area (Å²) in [6.07, 6.45) is -1.11. The minimum Gasteiger partial charge on any atom is -0.506 e. The standard InChI is InChI=1S/C10H12N2O6S/c13-9-2-1-6(12(15)16)3-7(9)11-8-4-19(17,18)5-10(8)14/h1-3,8,10-11,13-14H,4-5H2. The molecule has 0 spiro atoms. The van der Waals surface area contributed by atoms with Crippen molar-refractivity contribution in [3.63, 3.8) is 0 Å². The lowest BCUT2D eigenvalue weighted by Crippen LogP contribution is -2.31. The topological polar surface area (TPSA) is 130 Å². The summed E-state index contributed by atoms with van der Waals surface area (Å²) in [6, 6.07) is 2.56. The molecule has 19 heavy (non-hydrogen) atoms. The number of phenolic OH excluding ortho intramolecular Hbond substituents is 1. The molecule has 0 radical (unpaired) electrons. The third kappa shape index (κ3) is 2.93. The molecule has 0 aromatic heterocycles. The van der Waals surface area contributed by atoms with Crippen LogP contribution in [0.2, 0.25) is 0 Å². The molecule has 0 saturated carbocycles. The van der Waals surface area contributed by atoms with Gasteiger partial charge in [-0.2, -0.15) is 0 Å². The van der Waals surface area contributed by atoms with Crippen molar-refractivity contribution in [1.29, 1.82) is 0 Å². The second kappa shape index (κ2) is 4.67. The van der Waals surface area contributed by atoms with Gasteiger partial charge in [0.1, 0.15) is 5.75 Å². The number of phenols is 1. The van der Waals surface area contributed by atoms with Gasteiger partial charge in [0.15, 0.2) is 9.84 Å². The highest BCUT2D eigenvalue weighted by molar-refractivity contribution is 7.91. The van der Waals surface area contributed by atoms with Crippen molar-refractivity contribution in [1.82, 2.24) is 0 Å². The molecule has 3 N–H and O–H groups in total. The van der Waals surface area contributed by atoms with Crippen LogP contribution in [0.1, 0.15) is 0 Å². The first kappa shape index (κ1) is 13.6. The zero-order valence-corrected chi connectivity index (χ0v) is 10.5. The maximum atomic E-state index is 11.3. The van der Waals surface area contributed by atoms with Crippen LogP contribution in [-0.2, 0) is 9.84 Å². The summed E-state index contributed by atoms with van der Waals surface area (Å²) in [4.78, 5) is 9.99. The van der Waals surface area contributed by atoms with E-state index in [2.05, 4.69) is 5.32 Å². The summed E-state index contributed by atoms with van der Waals surface area (Å²) in [6.45, 7) is 0. The van der Waals surface area contributed by atoms with E-state index >= 15 is 0 Å². The minimum absolute atomic E-state index is 0.0235. The van der Waals surface area contributed by atoms with Crippen molar-refractivity contribution in [3.05, 3.63) is 28.3 Å². The molecular formula is C10H12N2O6S. The summed E-state index contributed by atoms with van der Waals surface area (Å²) >= 11 is 0. The van der Waals surface area contributed by atoms with Crippen molar-refractivity contribution < 1.29 is 23.6 Å².